The number of hydrogen-bond acceptors (Lipinski definition) is 5. The molecular weight excluding hydrogens is 356 g/mol. The first-order valence-electron chi connectivity index (χ1n) is 10.6. The highest BCUT2D eigenvalue weighted by molar-refractivity contribution is 5.93. The van der Waals surface area contributed by atoms with E-state index >= 15 is 0 Å². The molecular formula is C21H32N4O3. The van der Waals surface area contributed by atoms with E-state index < -0.39 is 6.10 Å². The van der Waals surface area contributed by atoms with Gasteiger partial charge < -0.3 is 15.3 Å². The zero-order valence-electron chi connectivity index (χ0n) is 16.8. The number of piperidine rings is 1. The molecule has 1 aliphatic heterocycles. The number of hydrogen-bond donors (Lipinski definition) is 2. The minimum absolute atomic E-state index is 0.109. The van der Waals surface area contributed by atoms with Crippen LogP contribution in [0, 0.1) is 11.8 Å². The number of carbonyl (C=O) groups excluding carboxylic acids is 2. The largest absolute Gasteiger partial charge is 0.383 e. The van der Waals surface area contributed by atoms with Gasteiger partial charge in [0.1, 0.15) is 11.9 Å². The fourth-order valence-corrected chi connectivity index (χ4v) is 4.19. The molecule has 1 saturated heterocycles. The van der Waals surface area contributed by atoms with E-state index in [-0.39, 0.29) is 17.7 Å². The molecule has 0 radical (unpaired) electrons. The molecule has 7 nitrogen and oxygen atoms in total. The maximum Gasteiger partial charge on any atom is 0.254 e. The van der Waals surface area contributed by atoms with Gasteiger partial charge in [0.05, 0.1) is 5.56 Å². The summed E-state index contributed by atoms with van der Waals surface area (Å²) in [5, 5.41) is 13.4. The number of amides is 2. The van der Waals surface area contributed by atoms with Crippen LogP contribution in [0.15, 0.2) is 12.4 Å². The van der Waals surface area contributed by atoms with Crippen molar-refractivity contribution in [3.8, 4) is 0 Å². The summed E-state index contributed by atoms with van der Waals surface area (Å²) in [6.45, 7) is 3.86. The number of nitrogens with one attached hydrogen (secondary N) is 1. The number of aliphatic hydroxyl groups excluding tert-OH is 1. The third kappa shape index (κ3) is 5.28. The Kier molecular flexibility index (Phi) is 7.36. The highest BCUT2D eigenvalue weighted by atomic mass is 16.3. The Morgan fingerprint density at radius 3 is 2.39 bits per heavy atom. The number of rotatable bonds is 6. The summed E-state index contributed by atoms with van der Waals surface area (Å²) in [6.07, 6.45) is 10.1. The van der Waals surface area contributed by atoms with Crippen LogP contribution < -0.4 is 5.32 Å². The minimum atomic E-state index is -0.845. The van der Waals surface area contributed by atoms with Gasteiger partial charge >= 0.3 is 0 Å². The van der Waals surface area contributed by atoms with Crippen LogP contribution in [0.3, 0.4) is 0 Å². The van der Waals surface area contributed by atoms with E-state index in [9.17, 15) is 14.7 Å². The van der Waals surface area contributed by atoms with Crippen molar-refractivity contribution < 1.29 is 14.7 Å². The molecule has 1 aliphatic carbocycles. The molecule has 0 aromatic carbocycles. The molecule has 7 heteroatoms. The Bertz CT molecular complexity index is 650. The predicted molar refractivity (Wildman–Crippen MR) is 106 cm³/mol. The fourth-order valence-electron chi connectivity index (χ4n) is 4.19. The van der Waals surface area contributed by atoms with Crippen molar-refractivity contribution in [1.29, 1.82) is 0 Å². The number of likely N-dealkylation sites (tertiary alicyclic amines) is 1. The zero-order chi connectivity index (χ0) is 19.9. The highest BCUT2D eigenvalue weighted by Crippen LogP contribution is 2.28. The van der Waals surface area contributed by atoms with E-state index in [4.69, 9.17) is 0 Å². The van der Waals surface area contributed by atoms with E-state index in [1.54, 1.807) is 17.3 Å². The molecule has 28 heavy (non-hydrogen) atoms. The SMILES string of the molecule is CCc1ncc(C(=O)NCC2CCN(C(=O)[C@H](O)C3CCCCC3)CC2)cn1. The van der Waals surface area contributed by atoms with Crippen molar-refractivity contribution in [2.75, 3.05) is 19.6 Å². The first-order valence-corrected chi connectivity index (χ1v) is 10.6. The monoisotopic (exact) mass is 388 g/mol. The summed E-state index contributed by atoms with van der Waals surface area (Å²) in [7, 11) is 0. The second-order valence-corrected chi connectivity index (χ2v) is 8.06. The van der Waals surface area contributed by atoms with Gasteiger partial charge in [0, 0.05) is 38.4 Å². The van der Waals surface area contributed by atoms with Crippen LogP contribution in [0.2, 0.25) is 0 Å². The second-order valence-electron chi connectivity index (χ2n) is 8.06. The van der Waals surface area contributed by atoms with Crippen LogP contribution in [0.5, 0.6) is 0 Å². The lowest BCUT2D eigenvalue weighted by atomic mass is 9.84. The molecule has 1 aromatic heterocycles. The maximum absolute atomic E-state index is 12.6. The van der Waals surface area contributed by atoms with E-state index in [1.165, 1.54) is 6.42 Å². The van der Waals surface area contributed by atoms with Crippen LogP contribution >= 0.6 is 0 Å². The van der Waals surface area contributed by atoms with Crippen molar-refractivity contribution in [1.82, 2.24) is 20.2 Å². The minimum Gasteiger partial charge on any atom is -0.383 e. The lowest BCUT2D eigenvalue weighted by Gasteiger charge is -2.35. The van der Waals surface area contributed by atoms with Crippen molar-refractivity contribution in [2.24, 2.45) is 11.8 Å². The fraction of sp³-hybridized carbons (Fsp3) is 0.714. The second kappa shape index (κ2) is 9.96. The third-order valence-electron chi connectivity index (χ3n) is 6.11. The lowest BCUT2D eigenvalue weighted by Crippen LogP contribution is -2.47. The highest BCUT2D eigenvalue weighted by Gasteiger charge is 2.32. The number of aryl methyl sites for hydroxylation is 1. The van der Waals surface area contributed by atoms with Gasteiger partial charge in [-0.15, -0.1) is 0 Å². The van der Waals surface area contributed by atoms with Gasteiger partial charge in [-0.25, -0.2) is 9.97 Å². The average molecular weight is 389 g/mol. The number of aromatic nitrogens is 2. The normalized spacial score (nSPS) is 20.0. The summed E-state index contributed by atoms with van der Waals surface area (Å²) in [5.41, 5.74) is 0.473. The van der Waals surface area contributed by atoms with Gasteiger partial charge in [0.2, 0.25) is 0 Å². The van der Waals surface area contributed by atoms with Crippen LogP contribution in [0.1, 0.15) is 68.1 Å². The zero-order valence-corrected chi connectivity index (χ0v) is 16.8. The molecule has 2 amide bonds. The molecule has 154 valence electrons. The van der Waals surface area contributed by atoms with Gasteiger partial charge in [-0.2, -0.15) is 0 Å². The van der Waals surface area contributed by atoms with Gasteiger partial charge in [-0.3, -0.25) is 9.59 Å². The Balaban J connectivity index is 1.40. The van der Waals surface area contributed by atoms with Crippen molar-refractivity contribution in [3.63, 3.8) is 0 Å². The summed E-state index contributed by atoms with van der Waals surface area (Å²) in [6, 6.07) is 0. The first-order chi connectivity index (χ1) is 13.6. The number of aliphatic hydroxyl groups is 1. The Morgan fingerprint density at radius 1 is 1.14 bits per heavy atom. The van der Waals surface area contributed by atoms with E-state index in [0.29, 0.717) is 31.1 Å². The van der Waals surface area contributed by atoms with Crippen molar-refractivity contribution in [2.45, 2.75) is 64.4 Å². The molecule has 1 aromatic rings. The Labute approximate surface area is 166 Å². The molecule has 0 spiro atoms. The lowest BCUT2D eigenvalue weighted by molar-refractivity contribution is -0.145. The summed E-state index contributed by atoms with van der Waals surface area (Å²) in [5.74, 6) is 0.927. The molecule has 0 bridgehead atoms. The van der Waals surface area contributed by atoms with Crippen LogP contribution in [0.4, 0.5) is 0 Å². The number of carbonyl (C=O) groups is 2. The number of nitrogens with zero attached hydrogens (tertiary/aromatic N) is 3. The van der Waals surface area contributed by atoms with E-state index in [2.05, 4.69) is 15.3 Å². The summed E-state index contributed by atoms with van der Waals surface area (Å²) < 4.78 is 0. The molecule has 1 atom stereocenters. The van der Waals surface area contributed by atoms with Crippen LogP contribution in [0.25, 0.3) is 0 Å². The molecule has 2 fully saturated rings. The first kappa shape index (κ1) is 20.7. The molecule has 2 aliphatic rings. The third-order valence-corrected chi connectivity index (χ3v) is 6.11. The molecule has 2 heterocycles. The van der Waals surface area contributed by atoms with E-state index in [0.717, 1.165) is 50.8 Å². The molecule has 0 unspecified atom stereocenters. The summed E-state index contributed by atoms with van der Waals surface area (Å²) >= 11 is 0. The van der Waals surface area contributed by atoms with Crippen molar-refractivity contribution >= 4 is 11.8 Å². The molecule has 2 N–H and O–H groups in total. The Morgan fingerprint density at radius 2 is 1.79 bits per heavy atom. The van der Waals surface area contributed by atoms with Crippen molar-refractivity contribution in [3.05, 3.63) is 23.8 Å². The molecule has 1 saturated carbocycles. The standard InChI is InChI=1S/C21H32N4O3/c1-2-18-22-13-17(14-23-18)20(27)24-12-15-8-10-25(11-9-15)21(28)19(26)16-6-4-3-5-7-16/h13-16,19,26H,2-12H2,1H3,(H,24,27)/t19-/m1/s1. The van der Waals surface area contributed by atoms with Crippen LogP contribution in [-0.2, 0) is 11.2 Å². The van der Waals surface area contributed by atoms with Gasteiger partial charge in [-0.05, 0) is 37.5 Å². The topological polar surface area (TPSA) is 95.4 Å². The predicted octanol–water partition coefficient (Wildman–Crippen LogP) is 1.95. The van der Waals surface area contributed by atoms with Crippen LogP contribution in [-0.4, -0.2) is 57.5 Å². The maximum atomic E-state index is 12.6. The Hall–Kier alpha value is -2.02. The molecule has 3 rings (SSSR count). The van der Waals surface area contributed by atoms with E-state index in [1.807, 2.05) is 6.92 Å². The van der Waals surface area contributed by atoms with Gasteiger partial charge in [0.15, 0.2) is 0 Å². The van der Waals surface area contributed by atoms with Gasteiger partial charge in [-0.1, -0.05) is 26.2 Å². The smallest absolute Gasteiger partial charge is 0.254 e. The average Bonchev–Trinajstić information content (AvgIpc) is 2.77. The van der Waals surface area contributed by atoms with Gasteiger partial charge in [0.25, 0.3) is 11.8 Å². The summed E-state index contributed by atoms with van der Waals surface area (Å²) in [4.78, 5) is 35.0. The quantitative estimate of drug-likeness (QED) is 0.777.